The van der Waals surface area contributed by atoms with E-state index >= 15 is 0 Å². The van der Waals surface area contributed by atoms with Gasteiger partial charge in [-0.05, 0) is 57.0 Å². The van der Waals surface area contributed by atoms with Gasteiger partial charge in [-0.25, -0.2) is 12.7 Å². The third-order valence-electron chi connectivity index (χ3n) is 4.14. The van der Waals surface area contributed by atoms with E-state index in [4.69, 9.17) is 0 Å². The lowest BCUT2D eigenvalue weighted by Crippen LogP contribution is -2.34. The number of sulfonamides is 1. The molecular formula is C15H25N3O2S. The highest BCUT2D eigenvalue weighted by Crippen LogP contribution is 2.23. The van der Waals surface area contributed by atoms with Gasteiger partial charge in [0, 0.05) is 31.9 Å². The van der Waals surface area contributed by atoms with Gasteiger partial charge in [-0.15, -0.1) is 0 Å². The number of nitrogens with zero attached hydrogens (tertiary/aromatic N) is 1. The first-order chi connectivity index (χ1) is 9.93. The van der Waals surface area contributed by atoms with Crippen molar-refractivity contribution in [2.75, 3.05) is 26.5 Å². The van der Waals surface area contributed by atoms with E-state index in [1.807, 2.05) is 19.2 Å². The zero-order valence-electron chi connectivity index (χ0n) is 13.0. The molecule has 0 spiro atoms. The lowest BCUT2D eigenvalue weighted by atomic mass is 9.91. The molecule has 6 heteroatoms. The van der Waals surface area contributed by atoms with Crippen LogP contribution in [0.15, 0.2) is 29.2 Å². The number of benzene rings is 1. The van der Waals surface area contributed by atoms with Crippen molar-refractivity contribution in [3.05, 3.63) is 24.3 Å². The molecular weight excluding hydrogens is 286 g/mol. The van der Waals surface area contributed by atoms with Crippen molar-refractivity contribution < 1.29 is 8.42 Å². The van der Waals surface area contributed by atoms with Crippen LogP contribution in [0.4, 0.5) is 5.69 Å². The second-order valence-corrected chi connectivity index (χ2v) is 7.95. The molecule has 118 valence electrons. The Morgan fingerprint density at radius 3 is 2.00 bits per heavy atom. The minimum atomic E-state index is -3.34. The van der Waals surface area contributed by atoms with Gasteiger partial charge < -0.3 is 10.6 Å². The van der Waals surface area contributed by atoms with E-state index in [1.165, 1.54) is 17.1 Å². The molecule has 0 amide bonds. The summed E-state index contributed by atoms with van der Waals surface area (Å²) in [7, 11) is 1.76. The highest BCUT2D eigenvalue weighted by atomic mass is 32.2. The van der Waals surface area contributed by atoms with Gasteiger partial charge in [0.15, 0.2) is 0 Å². The molecule has 1 aliphatic carbocycles. The second kappa shape index (κ2) is 6.77. The van der Waals surface area contributed by atoms with Gasteiger partial charge in [-0.1, -0.05) is 0 Å². The van der Waals surface area contributed by atoms with Crippen LogP contribution in [0.5, 0.6) is 0 Å². The van der Waals surface area contributed by atoms with Crippen LogP contribution in [-0.2, 0) is 10.0 Å². The van der Waals surface area contributed by atoms with E-state index < -0.39 is 10.0 Å². The third kappa shape index (κ3) is 3.96. The standard InChI is InChI=1S/C15H25N3O2S/c1-16-12-4-6-13(7-5-12)17-14-8-10-15(11-9-14)21(19,20)18(2)3/h8-13,16-17H,4-7H2,1-3H3. The molecule has 1 fully saturated rings. The molecule has 1 aromatic rings. The molecule has 0 bridgehead atoms. The molecule has 0 heterocycles. The zero-order valence-corrected chi connectivity index (χ0v) is 13.8. The molecule has 21 heavy (non-hydrogen) atoms. The summed E-state index contributed by atoms with van der Waals surface area (Å²) in [6.45, 7) is 0. The van der Waals surface area contributed by atoms with E-state index in [2.05, 4.69) is 10.6 Å². The molecule has 2 rings (SSSR count). The SMILES string of the molecule is CNC1CCC(Nc2ccc(S(=O)(=O)N(C)C)cc2)CC1. The number of rotatable bonds is 5. The molecule has 1 aromatic carbocycles. The normalized spacial score (nSPS) is 23.2. The van der Waals surface area contributed by atoms with Gasteiger partial charge in [-0.2, -0.15) is 0 Å². The maximum absolute atomic E-state index is 12.0. The van der Waals surface area contributed by atoms with Gasteiger partial charge in [0.05, 0.1) is 4.90 Å². The van der Waals surface area contributed by atoms with Crippen LogP contribution in [0.25, 0.3) is 0 Å². The van der Waals surface area contributed by atoms with Crippen LogP contribution in [0.3, 0.4) is 0 Å². The van der Waals surface area contributed by atoms with Crippen LogP contribution >= 0.6 is 0 Å². The van der Waals surface area contributed by atoms with Crippen LogP contribution in [-0.4, -0.2) is 45.9 Å². The Morgan fingerprint density at radius 1 is 1.00 bits per heavy atom. The molecule has 0 unspecified atom stereocenters. The summed E-state index contributed by atoms with van der Waals surface area (Å²) >= 11 is 0. The number of hydrogen-bond acceptors (Lipinski definition) is 4. The monoisotopic (exact) mass is 311 g/mol. The Bertz CT molecular complexity index is 547. The summed E-state index contributed by atoms with van der Waals surface area (Å²) < 4.78 is 25.2. The van der Waals surface area contributed by atoms with Crippen molar-refractivity contribution in [3.8, 4) is 0 Å². The fraction of sp³-hybridized carbons (Fsp3) is 0.600. The highest BCUT2D eigenvalue weighted by molar-refractivity contribution is 7.89. The van der Waals surface area contributed by atoms with Gasteiger partial charge in [0.1, 0.15) is 0 Å². The zero-order chi connectivity index (χ0) is 15.5. The predicted octanol–water partition coefficient (Wildman–Crippen LogP) is 1.88. The van der Waals surface area contributed by atoms with Crippen molar-refractivity contribution in [1.29, 1.82) is 0 Å². The number of anilines is 1. The maximum atomic E-state index is 12.0. The third-order valence-corrected chi connectivity index (χ3v) is 5.97. The van der Waals surface area contributed by atoms with Crippen molar-refractivity contribution in [1.82, 2.24) is 9.62 Å². The first-order valence-electron chi connectivity index (χ1n) is 7.40. The average molecular weight is 311 g/mol. The van der Waals surface area contributed by atoms with Crippen molar-refractivity contribution in [2.45, 2.75) is 42.7 Å². The molecule has 1 aliphatic rings. The van der Waals surface area contributed by atoms with E-state index in [-0.39, 0.29) is 0 Å². The van der Waals surface area contributed by atoms with Crippen LogP contribution in [0.1, 0.15) is 25.7 Å². The average Bonchev–Trinajstić information content (AvgIpc) is 2.48. The molecule has 0 aliphatic heterocycles. The predicted molar refractivity (Wildman–Crippen MR) is 86.0 cm³/mol. The smallest absolute Gasteiger partial charge is 0.242 e. The Balaban J connectivity index is 1.97. The first-order valence-corrected chi connectivity index (χ1v) is 8.84. The summed E-state index contributed by atoms with van der Waals surface area (Å²) in [6, 6.07) is 8.14. The minimum Gasteiger partial charge on any atom is -0.382 e. The number of hydrogen-bond donors (Lipinski definition) is 2. The summed E-state index contributed by atoms with van der Waals surface area (Å²) in [4.78, 5) is 0.331. The maximum Gasteiger partial charge on any atom is 0.242 e. The molecule has 2 N–H and O–H groups in total. The Labute approximate surface area is 127 Å². The first kappa shape index (κ1) is 16.3. The lowest BCUT2D eigenvalue weighted by molar-refractivity contribution is 0.371. The fourth-order valence-electron chi connectivity index (χ4n) is 2.70. The van der Waals surface area contributed by atoms with Crippen LogP contribution in [0, 0.1) is 0 Å². The van der Waals surface area contributed by atoms with Crippen molar-refractivity contribution in [2.24, 2.45) is 0 Å². The largest absolute Gasteiger partial charge is 0.382 e. The van der Waals surface area contributed by atoms with Crippen molar-refractivity contribution in [3.63, 3.8) is 0 Å². The quantitative estimate of drug-likeness (QED) is 0.871. The molecule has 0 saturated heterocycles. The second-order valence-electron chi connectivity index (χ2n) is 5.79. The molecule has 1 saturated carbocycles. The Kier molecular flexibility index (Phi) is 5.24. The lowest BCUT2D eigenvalue weighted by Gasteiger charge is -2.29. The minimum absolute atomic E-state index is 0.331. The topological polar surface area (TPSA) is 61.4 Å². The van der Waals surface area contributed by atoms with Gasteiger partial charge >= 0.3 is 0 Å². The van der Waals surface area contributed by atoms with Gasteiger partial charge in [-0.3, -0.25) is 0 Å². The summed E-state index contributed by atoms with van der Waals surface area (Å²) in [5, 5.41) is 6.82. The fourth-order valence-corrected chi connectivity index (χ4v) is 3.60. The Morgan fingerprint density at radius 2 is 1.52 bits per heavy atom. The van der Waals surface area contributed by atoms with Crippen LogP contribution < -0.4 is 10.6 Å². The van der Waals surface area contributed by atoms with Gasteiger partial charge in [0.25, 0.3) is 0 Å². The van der Waals surface area contributed by atoms with E-state index in [9.17, 15) is 8.42 Å². The molecule has 0 aromatic heterocycles. The molecule has 0 radical (unpaired) electrons. The van der Waals surface area contributed by atoms with E-state index in [1.54, 1.807) is 26.2 Å². The number of nitrogens with one attached hydrogen (secondary N) is 2. The summed E-state index contributed by atoms with van der Waals surface area (Å²) in [6.07, 6.45) is 4.65. The van der Waals surface area contributed by atoms with Crippen molar-refractivity contribution >= 4 is 15.7 Å². The van der Waals surface area contributed by atoms with E-state index in [0.717, 1.165) is 18.5 Å². The van der Waals surface area contributed by atoms with Gasteiger partial charge in [0.2, 0.25) is 10.0 Å². The summed E-state index contributed by atoms with van der Waals surface area (Å²) in [5.41, 5.74) is 0.987. The van der Waals surface area contributed by atoms with Crippen LogP contribution in [0.2, 0.25) is 0 Å². The molecule has 5 nitrogen and oxygen atoms in total. The Hall–Kier alpha value is -1.11. The van der Waals surface area contributed by atoms with E-state index in [0.29, 0.717) is 17.0 Å². The highest BCUT2D eigenvalue weighted by Gasteiger charge is 2.20. The molecule has 0 atom stereocenters. The summed E-state index contributed by atoms with van der Waals surface area (Å²) in [5.74, 6) is 0.